The van der Waals surface area contributed by atoms with Crippen LogP contribution in [0.5, 0.6) is 5.75 Å². The van der Waals surface area contributed by atoms with Gasteiger partial charge in [-0.25, -0.2) is 0 Å². The van der Waals surface area contributed by atoms with Crippen molar-refractivity contribution < 1.29 is 4.74 Å². The summed E-state index contributed by atoms with van der Waals surface area (Å²) in [5.74, 6) is 0.861. The molecule has 17 heavy (non-hydrogen) atoms. The Kier molecular flexibility index (Phi) is 4.20. The van der Waals surface area contributed by atoms with Gasteiger partial charge in [0, 0.05) is 10.5 Å². The van der Waals surface area contributed by atoms with E-state index in [1.54, 1.807) is 11.3 Å². The van der Waals surface area contributed by atoms with Crippen molar-refractivity contribution in [2.75, 3.05) is 0 Å². The molecule has 0 saturated heterocycles. The number of hydrogen-bond acceptors (Lipinski definition) is 3. The lowest BCUT2D eigenvalue weighted by Crippen LogP contribution is -2.05. The monoisotopic (exact) mass is 311 g/mol. The molecule has 90 valence electrons. The first-order valence-electron chi connectivity index (χ1n) is 5.37. The molecular weight excluding hydrogens is 298 g/mol. The predicted molar refractivity (Wildman–Crippen MR) is 75.4 cm³/mol. The molecule has 1 heterocycles. The highest BCUT2D eigenvalue weighted by Gasteiger charge is 2.04. The highest BCUT2D eigenvalue weighted by atomic mass is 79.9. The van der Waals surface area contributed by atoms with Crippen LogP contribution in [0.3, 0.4) is 0 Å². The maximum absolute atomic E-state index is 5.84. The number of benzene rings is 1. The third-order valence-corrected chi connectivity index (χ3v) is 4.34. The first kappa shape index (κ1) is 12.6. The molecule has 1 aromatic heterocycles. The fourth-order valence-electron chi connectivity index (χ4n) is 1.46. The van der Waals surface area contributed by atoms with Crippen LogP contribution < -0.4 is 10.5 Å². The van der Waals surface area contributed by atoms with Crippen LogP contribution in [-0.4, -0.2) is 0 Å². The van der Waals surface area contributed by atoms with Crippen molar-refractivity contribution >= 4 is 27.3 Å². The Balaban J connectivity index is 2.04. The van der Waals surface area contributed by atoms with E-state index in [2.05, 4.69) is 15.9 Å². The molecule has 0 amide bonds. The highest BCUT2D eigenvalue weighted by molar-refractivity contribution is 9.10. The predicted octanol–water partition coefficient (Wildman–Crippen LogP) is 4.11. The second-order valence-electron chi connectivity index (χ2n) is 3.84. The molecule has 0 radical (unpaired) electrons. The zero-order chi connectivity index (χ0) is 12.3. The minimum atomic E-state index is 0.0343. The van der Waals surface area contributed by atoms with Crippen molar-refractivity contribution in [3.05, 3.63) is 50.6 Å². The summed E-state index contributed by atoms with van der Waals surface area (Å²) in [5, 5.41) is 2.04. The van der Waals surface area contributed by atoms with Gasteiger partial charge in [-0.3, -0.25) is 0 Å². The van der Waals surface area contributed by atoms with Gasteiger partial charge in [0.25, 0.3) is 0 Å². The first-order valence-corrected chi connectivity index (χ1v) is 7.04. The van der Waals surface area contributed by atoms with Gasteiger partial charge in [0.05, 0.1) is 4.88 Å². The van der Waals surface area contributed by atoms with Crippen LogP contribution in [0.4, 0.5) is 0 Å². The minimum Gasteiger partial charge on any atom is -0.488 e. The zero-order valence-corrected chi connectivity index (χ0v) is 11.9. The van der Waals surface area contributed by atoms with Crippen molar-refractivity contribution in [3.8, 4) is 5.75 Å². The number of rotatable bonds is 4. The average molecular weight is 312 g/mol. The highest BCUT2D eigenvalue weighted by Crippen LogP contribution is 2.25. The Hall–Kier alpha value is -0.840. The maximum Gasteiger partial charge on any atom is 0.124 e. The normalized spacial score (nSPS) is 12.4. The molecule has 0 bridgehead atoms. The summed E-state index contributed by atoms with van der Waals surface area (Å²) in [6, 6.07) is 9.99. The summed E-state index contributed by atoms with van der Waals surface area (Å²) >= 11 is 5.17. The Bertz CT molecular complexity index is 496. The summed E-state index contributed by atoms with van der Waals surface area (Å²) in [4.78, 5) is 1.19. The Morgan fingerprint density at radius 2 is 2.24 bits per heavy atom. The molecule has 4 heteroatoms. The molecule has 2 N–H and O–H groups in total. The Morgan fingerprint density at radius 1 is 1.41 bits per heavy atom. The van der Waals surface area contributed by atoms with Crippen molar-refractivity contribution in [1.29, 1.82) is 0 Å². The molecule has 1 atom stereocenters. The maximum atomic E-state index is 5.84. The average Bonchev–Trinajstić information content (AvgIpc) is 2.72. The van der Waals surface area contributed by atoms with E-state index < -0.39 is 0 Å². The lowest BCUT2D eigenvalue weighted by molar-refractivity contribution is 0.308. The number of halogens is 1. The summed E-state index contributed by atoms with van der Waals surface area (Å²) < 4.78 is 6.85. The second kappa shape index (κ2) is 5.67. The molecule has 0 aliphatic carbocycles. The zero-order valence-electron chi connectivity index (χ0n) is 9.52. The van der Waals surface area contributed by atoms with Crippen LogP contribution in [-0.2, 0) is 6.61 Å². The molecule has 1 aromatic carbocycles. The van der Waals surface area contributed by atoms with E-state index in [4.69, 9.17) is 10.5 Å². The molecular formula is C13H14BrNOS. The fourth-order valence-corrected chi connectivity index (χ4v) is 2.84. The van der Waals surface area contributed by atoms with Gasteiger partial charge in [0.15, 0.2) is 0 Å². The molecule has 0 aliphatic rings. The lowest BCUT2D eigenvalue weighted by atomic mass is 10.1. The van der Waals surface area contributed by atoms with Gasteiger partial charge in [-0.2, -0.15) is 0 Å². The van der Waals surface area contributed by atoms with Crippen molar-refractivity contribution in [1.82, 2.24) is 0 Å². The smallest absolute Gasteiger partial charge is 0.124 e. The van der Waals surface area contributed by atoms with E-state index >= 15 is 0 Å². The quantitative estimate of drug-likeness (QED) is 0.922. The number of thiophene rings is 1. The third-order valence-electron chi connectivity index (χ3n) is 2.44. The van der Waals surface area contributed by atoms with Crippen molar-refractivity contribution in [3.63, 3.8) is 0 Å². The van der Waals surface area contributed by atoms with Crippen LogP contribution >= 0.6 is 27.3 Å². The Labute approximate surface area is 114 Å². The van der Waals surface area contributed by atoms with E-state index in [9.17, 15) is 0 Å². The van der Waals surface area contributed by atoms with Gasteiger partial charge in [-0.1, -0.05) is 12.1 Å². The fraction of sp³-hybridized carbons (Fsp3) is 0.231. The number of ether oxygens (including phenoxy) is 1. The summed E-state index contributed by atoms with van der Waals surface area (Å²) in [6.45, 7) is 2.55. The number of nitrogens with two attached hydrogens (primary N) is 1. The van der Waals surface area contributed by atoms with E-state index in [1.807, 2.05) is 42.6 Å². The third kappa shape index (κ3) is 3.31. The molecule has 0 saturated carbocycles. The van der Waals surface area contributed by atoms with E-state index in [0.717, 1.165) is 15.8 Å². The van der Waals surface area contributed by atoms with Crippen molar-refractivity contribution in [2.24, 2.45) is 5.73 Å². The summed E-state index contributed by atoms with van der Waals surface area (Å²) in [5.41, 5.74) is 6.93. The first-order chi connectivity index (χ1) is 8.16. The van der Waals surface area contributed by atoms with Crippen LogP contribution in [0.1, 0.15) is 23.4 Å². The van der Waals surface area contributed by atoms with Gasteiger partial charge in [-0.05, 0) is 52.0 Å². The van der Waals surface area contributed by atoms with Gasteiger partial charge >= 0.3 is 0 Å². The molecule has 0 spiro atoms. The largest absolute Gasteiger partial charge is 0.488 e. The molecule has 2 rings (SSSR count). The molecule has 1 unspecified atom stereocenters. The molecule has 2 aromatic rings. The molecule has 2 nitrogen and oxygen atoms in total. The van der Waals surface area contributed by atoms with Crippen LogP contribution in [0.15, 0.2) is 40.2 Å². The van der Waals surface area contributed by atoms with Gasteiger partial charge in [-0.15, -0.1) is 11.3 Å². The molecule has 0 fully saturated rings. The van der Waals surface area contributed by atoms with E-state index in [0.29, 0.717) is 6.61 Å². The lowest BCUT2D eigenvalue weighted by Gasteiger charge is -2.09. The SMILES string of the molecule is CC(N)c1cccc(OCc2sccc2Br)c1. The molecule has 0 aliphatic heterocycles. The van der Waals surface area contributed by atoms with Gasteiger partial charge < -0.3 is 10.5 Å². The second-order valence-corrected chi connectivity index (χ2v) is 5.70. The Morgan fingerprint density at radius 3 is 2.88 bits per heavy atom. The summed E-state index contributed by atoms with van der Waals surface area (Å²) in [7, 11) is 0. The van der Waals surface area contributed by atoms with E-state index in [-0.39, 0.29) is 6.04 Å². The van der Waals surface area contributed by atoms with Crippen LogP contribution in [0, 0.1) is 0 Å². The van der Waals surface area contributed by atoms with Crippen molar-refractivity contribution in [2.45, 2.75) is 19.6 Å². The minimum absolute atomic E-state index is 0.0343. The number of hydrogen-bond donors (Lipinski definition) is 1. The van der Waals surface area contributed by atoms with Crippen LogP contribution in [0.25, 0.3) is 0 Å². The van der Waals surface area contributed by atoms with E-state index in [1.165, 1.54) is 4.88 Å². The van der Waals surface area contributed by atoms with Gasteiger partial charge in [0.1, 0.15) is 12.4 Å². The van der Waals surface area contributed by atoms with Crippen LogP contribution in [0.2, 0.25) is 0 Å². The van der Waals surface area contributed by atoms with Gasteiger partial charge in [0.2, 0.25) is 0 Å². The summed E-state index contributed by atoms with van der Waals surface area (Å²) in [6.07, 6.45) is 0. The topological polar surface area (TPSA) is 35.2 Å². The standard InChI is InChI=1S/C13H14BrNOS/c1-9(15)10-3-2-4-11(7-10)16-8-13-12(14)5-6-17-13/h2-7,9H,8,15H2,1H3.